The number of rotatable bonds is 4. The van der Waals surface area contributed by atoms with Gasteiger partial charge in [-0.05, 0) is 50.8 Å². The molecule has 18 heavy (non-hydrogen) atoms. The fraction of sp³-hybridized carbons (Fsp3) is 0.625. The predicted molar refractivity (Wildman–Crippen MR) is 76.3 cm³/mol. The van der Waals surface area contributed by atoms with Crippen molar-refractivity contribution in [3.05, 3.63) is 29.8 Å². The van der Waals surface area contributed by atoms with E-state index in [4.69, 9.17) is 4.74 Å². The van der Waals surface area contributed by atoms with Crippen molar-refractivity contribution >= 4 is 0 Å². The second-order valence-electron chi connectivity index (χ2n) is 5.17. The summed E-state index contributed by atoms with van der Waals surface area (Å²) >= 11 is 0. The van der Waals surface area contributed by atoms with E-state index >= 15 is 0 Å². The van der Waals surface area contributed by atoms with Crippen molar-refractivity contribution in [2.75, 3.05) is 13.7 Å². The van der Waals surface area contributed by atoms with Gasteiger partial charge < -0.3 is 10.1 Å². The van der Waals surface area contributed by atoms with Gasteiger partial charge in [-0.3, -0.25) is 0 Å². The van der Waals surface area contributed by atoms with Crippen molar-refractivity contribution in [1.82, 2.24) is 5.32 Å². The molecule has 1 fully saturated rings. The summed E-state index contributed by atoms with van der Waals surface area (Å²) in [5, 5.41) is 3.45. The molecule has 2 heteroatoms. The van der Waals surface area contributed by atoms with Crippen molar-refractivity contribution < 1.29 is 4.74 Å². The van der Waals surface area contributed by atoms with Crippen molar-refractivity contribution in [1.29, 1.82) is 0 Å². The molecule has 1 aliphatic rings. The summed E-state index contributed by atoms with van der Waals surface area (Å²) in [5.74, 6) is 1.73. The van der Waals surface area contributed by atoms with Crippen molar-refractivity contribution in [3.8, 4) is 5.75 Å². The molecular formula is C16H25NO. The summed E-state index contributed by atoms with van der Waals surface area (Å²) in [6.45, 7) is 2.81. The zero-order chi connectivity index (χ0) is 12.8. The van der Waals surface area contributed by atoms with E-state index in [1.165, 1.54) is 37.7 Å². The SMILES string of the molecule is CCOc1ccccc1C1CCCCC(NC)C1. The van der Waals surface area contributed by atoms with Crippen LogP contribution in [-0.4, -0.2) is 19.7 Å². The number of nitrogens with one attached hydrogen (secondary N) is 1. The molecule has 0 bridgehead atoms. The molecule has 0 spiro atoms. The van der Waals surface area contributed by atoms with Gasteiger partial charge in [0.25, 0.3) is 0 Å². The molecule has 0 amide bonds. The lowest BCUT2D eigenvalue weighted by Gasteiger charge is -2.22. The van der Waals surface area contributed by atoms with E-state index < -0.39 is 0 Å². The monoisotopic (exact) mass is 247 g/mol. The third-order valence-electron chi connectivity index (χ3n) is 3.99. The fourth-order valence-electron chi connectivity index (χ4n) is 3.01. The van der Waals surface area contributed by atoms with Crippen LogP contribution in [0.2, 0.25) is 0 Å². The van der Waals surface area contributed by atoms with E-state index in [0.29, 0.717) is 12.0 Å². The molecular weight excluding hydrogens is 222 g/mol. The molecule has 0 aromatic heterocycles. The molecule has 1 aromatic carbocycles. The van der Waals surface area contributed by atoms with Gasteiger partial charge in [0, 0.05) is 6.04 Å². The van der Waals surface area contributed by atoms with Crippen LogP contribution in [0.1, 0.15) is 50.5 Å². The molecule has 2 unspecified atom stereocenters. The zero-order valence-corrected chi connectivity index (χ0v) is 11.6. The maximum atomic E-state index is 5.78. The number of ether oxygens (including phenoxy) is 1. The van der Waals surface area contributed by atoms with E-state index in [1.807, 2.05) is 0 Å². The minimum absolute atomic E-state index is 0.646. The minimum atomic E-state index is 0.646. The molecule has 2 rings (SSSR count). The smallest absolute Gasteiger partial charge is 0.122 e. The normalized spacial score (nSPS) is 24.6. The van der Waals surface area contributed by atoms with Crippen LogP contribution < -0.4 is 10.1 Å². The predicted octanol–water partition coefficient (Wildman–Crippen LogP) is 3.72. The third kappa shape index (κ3) is 3.26. The second kappa shape index (κ2) is 6.79. The van der Waals surface area contributed by atoms with Gasteiger partial charge in [0.1, 0.15) is 5.75 Å². The van der Waals surface area contributed by atoms with Crippen LogP contribution in [0.15, 0.2) is 24.3 Å². The van der Waals surface area contributed by atoms with Gasteiger partial charge in [0.05, 0.1) is 6.61 Å². The van der Waals surface area contributed by atoms with Crippen LogP contribution in [-0.2, 0) is 0 Å². The Morgan fingerprint density at radius 3 is 2.78 bits per heavy atom. The van der Waals surface area contributed by atoms with Gasteiger partial charge in [-0.25, -0.2) is 0 Å². The summed E-state index contributed by atoms with van der Waals surface area (Å²) in [7, 11) is 2.08. The molecule has 100 valence electrons. The number of hydrogen-bond donors (Lipinski definition) is 1. The standard InChI is InChI=1S/C16H25NO/c1-3-18-16-11-7-6-10-15(16)13-8-4-5-9-14(12-13)17-2/h6-7,10-11,13-14,17H,3-5,8-9,12H2,1-2H3. The maximum Gasteiger partial charge on any atom is 0.122 e. The lowest BCUT2D eigenvalue weighted by Crippen LogP contribution is -2.25. The van der Waals surface area contributed by atoms with Crippen LogP contribution in [0.3, 0.4) is 0 Å². The summed E-state index contributed by atoms with van der Waals surface area (Å²) in [6.07, 6.45) is 6.52. The summed E-state index contributed by atoms with van der Waals surface area (Å²) in [4.78, 5) is 0. The highest BCUT2D eigenvalue weighted by Crippen LogP contribution is 2.36. The van der Waals surface area contributed by atoms with Gasteiger partial charge >= 0.3 is 0 Å². The number of benzene rings is 1. The Kier molecular flexibility index (Phi) is 5.06. The molecule has 2 atom stereocenters. The third-order valence-corrected chi connectivity index (χ3v) is 3.99. The van der Waals surface area contributed by atoms with E-state index in [9.17, 15) is 0 Å². The lowest BCUT2D eigenvalue weighted by molar-refractivity contribution is 0.331. The average molecular weight is 247 g/mol. The van der Waals surface area contributed by atoms with Gasteiger partial charge in [-0.15, -0.1) is 0 Å². The molecule has 0 saturated heterocycles. The van der Waals surface area contributed by atoms with Crippen molar-refractivity contribution in [2.24, 2.45) is 0 Å². The minimum Gasteiger partial charge on any atom is -0.494 e. The Morgan fingerprint density at radius 2 is 2.00 bits per heavy atom. The zero-order valence-electron chi connectivity index (χ0n) is 11.6. The second-order valence-corrected chi connectivity index (χ2v) is 5.17. The quantitative estimate of drug-likeness (QED) is 0.819. The number of para-hydroxylation sites is 1. The first-order valence-corrected chi connectivity index (χ1v) is 7.24. The summed E-state index contributed by atoms with van der Waals surface area (Å²) < 4.78 is 5.78. The first-order chi connectivity index (χ1) is 8.85. The Balaban J connectivity index is 2.17. The van der Waals surface area contributed by atoms with E-state index in [0.717, 1.165) is 12.4 Å². The first kappa shape index (κ1) is 13.4. The first-order valence-electron chi connectivity index (χ1n) is 7.24. The fourth-order valence-corrected chi connectivity index (χ4v) is 3.01. The van der Waals surface area contributed by atoms with Crippen LogP contribution in [0.5, 0.6) is 5.75 Å². The van der Waals surface area contributed by atoms with Crippen LogP contribution in [0, 0.1) is 0 Å². The van der Waals surface area contributed by atoms with Crippen LogP contribution >= 0.6 is 0 Å². The Hall–Kier alpha value is -1.02. The lowest BCUT2D eigenvalue weighted by atomic mass is 9.89. The average Bonchev–Trinajstić information content (AvgIpc) is 2.65. The number of hydrogen-bond acceptors (Lipinski definition) is 2. The molecule has 1 aromatic rings. The van der Waals surface area contributed by atoms with Crippen LogP contribution in [0.25, 0.3) is 0 Å². The van der Waals surface area contributed by atoms with Crippen LogP contribution in [0.4, 0.5) is 0 Å². The maximum absolute atomic E-state index is 5.78. The highest BCUT2D eigenvalue weighted by atomic mass is 16.5. The molecule has 1 aliphatic carbocycles. The summed E-state index contributed by atoms with van der Waals surface area (Å²) in [6, 6.07) is 9.22. The van der Waals surface area contributed by atoms with Gasteiger partial charge in [0.2, 0.25) is 0 Å². The molecule has 0 aliphatic heterocycles. The van der Waals surface area contributed by atoms with Gasteiger partial charge in [-0.2, -0.15) is 0 Å². The van der Waals surface area contributed by atoms with E-state index in [2.05, 4.69) is 43.6 Å². The van der Waals surface area contributed by atoms with Crippen molar-refractivity contribution in [3.63, 3.8) is 0 Å². The molecule has 1 N–H and O–H groups in total. The highest BCUT2D eigenvalue weighted by Gasteiger charge is 2.22. The summed E-state index contributed by atoms with van der Waals surface area (Å²) in [5.41, 5.74) is 1.40. The van der Waals surface area contributed by atoms with E-state index in [1.54, 1.807) is 0 Å². The highest BCUT2D eigenvalue weighted by molar-refractivity contribution is 5.36. The Morgan fingerprint density at radius 1 is 1.22 bits per heavy atom. The Bertz CT molecular complexity index is 364. The molecule has 1 saturated carbocycles. The largest absolute Gasteiger partial charge is 0.494 e. The van der Waals surface area contributed by atoms with Crippen molar-refractivity contribution in [2.45, 2.75) is 51.0 Å². The topological polar surface area (TPSA) is 21.3 Å². The molecule has 0 radical (unpaired) electrons. The molecule has 0 heterocycles. The van der Waals surface area contributed by atoms with E-state index in [-0.39, 0.29) is 0 Å². The van der Waals surface area contributed by atoms with Gasteiger partial charge in [-0.1, -0.05) is 31.0 Å². The van der Waals surface area contributed by atoms with Gasteiger partial charge in [0.15, 0.2) is 0 Å². The Labute approximate surface area is 111 Å². The molecule has 2 nitrogen and oxygen atoms in total.